The average molecular weight is 331 g/mol. The molecular formula is C15H21BrClN. The minimum Gasteiger partial charge on any atom is -0.313 e. The quantitative estimate of drug-likeness (QED) is 0.804. The van der Waals surface area contributed by atoms with Crippen LogP contribution in [0.2, 0.25) is 5.02 Å². The Morgan fingerprint density at radius 3 is 2.83 bits per heavy atom. The van der Waals surface area contributed by atoms with Gasteiger partial charge in [-0.2, -0.15) is 0 Å². The van der Waals surface area contributed by atoms with Crippen molar-refractivity contribution in [3.8, 4) is 0 Å². The first kappa shape index (κ1) is 14.4. The van der Waals surface area contributed by atoms with Gasteiger partial charge in [-0.15, -0.1) is 0 Å². The van der Waals surface area contributed by atoms with E-state index in [1.54, 1.807) is 0 Å². The summed E-state index contributed by atoms with van der Waals surface area (Å²) in [6.07, 6.45) is 5.32. The lowest BCUT2D eigenvalue weighted by Crippen LogP contribution is -2.29. The number of hydrogen-bond acceptors (Lipinski definition) is 1. The smallest absolute Gasteiger partial charge is 0.0454 e. The van der Waals surface area contributed by atoms with Gasteiger partial charge in [-0.05, 0) is 55.5 Å². The molecule has 3 unspecified atom stereocenters. The van der Waals surface area contributed by atoms with Crippen LogP contribution in [0, 0.1) is 11.8 Å². The van der Waals surface area contributed by atoms with Crippen LogP contribution in [0.5, 0.6) is 0 Å². The summed E-state index contributed by atoms with van der Waals surface area (Å²) in [6, 6.07) is 6.51. The molecule has 1 N–H and O–H groups in total. The fourth-order valence-corrected chi connectivity index (χ4v) is 3.80. The van der Waals surface area contributed by atoms with Crippen molar-refractivity contribution < 1.29 is 0 Å². The van der Waals surface area contributed by atoms with Gasteiger partial charge in [0.1, 0.15) is 0 Å². The van der Waals surface area contributed by atoms with Gasteiger partial charge in [0.25, 0.3) is 0 Å². The van der Waals surface area contributed by atoms with Crippen molar-refractivity contribution in [2.45, 2.75) is 38.6 Å². The van der Waals surface area contributed by atoms with E-state index in [1.165, 1.54) is 31.2 Å². The molecule has 3 heteroatoms. The van der Waals surface area contributed by atoms with Gasteiger partial charge in [-0.1, -0.05) is 47.3 Å². The molecule has 0 saturated heterocycles. The lowest BCUT2D eigenvalue weighted by Gasteiger charge is -2.34. The Morgan fingerprint density at radius 2 is 2.17 bits per heavy atom. The highest BCUT2D eigenvalue weighted by atomic mass is 79.9. The molecule has 0 heterocycles. The first-order valence-corrected chi connectivity index (χ1v) is 7.91. The Morgan fingerprint density at radius 1 is 1.39 bits per heavy atom. The lowest BCUT2D eigenvalue weighted by molar-refractivity contribution is 0.230. The molecule has 1 aromatic rings. The van der Waals surface area contributed by atoms with Crippen molar-refractivity contribution in [3.05, 3.63) is 33.3 Å². The zero-order chi connectivity index (χ0) is 13.1. The molecule has 3 atom stereocenters. The highest BCUT2D eigenvalue weighted by Gasteiger charge is 2.28. The van der Waals surface area contributed by atoms with Gasteiger partial charge in [-0.25, -0.2) is 0 Å². The van der Waals surface area contributed by atoms with Gasteiger partial charge < -0.3 is 5.32 Å². The summed E-state index contributed by atoms with van der Waals surface area (Å²) in [5.41, 5.74) is 1.23. The Balaban J connectivity index is 2.24. The molecule has 1 aliphatic rings. The largest absolute Gasteiger partial charge is 0.313 e. The Bertz CT molecular complexity index is 407. The van der Waals surface area contributed by atoms with Crippen LogP contribution >= 0.6 is 27.5 Å². The predicted octanol–water partition coefficient (Wildman–Crippen LogP) is 5.19. The van der Waals surface area contributed by atoms with Crippen LogP contribution in [0.15, 0.2) is 22.7 Å². The second-order valence-corrected chi connectivity index (χ2v) is 6.79. The molecular weight excluding hydrogens is 310 g/mol. The summed E-state index contributed by atoms with van der Waals surface area (Å²) in [5, 5.41) is 4.34. The first-order chi connectivity index (χ1) is 8.61. The maximum absolute atomic E-state index is 6.36. The molecule has 1 aliphatic carbocycles. The Kier molecular flexibility index (Phi) is 5.11. The molecule has 1 nitrogen and oxygen atoms in total. The number of benzene rings is 1. The van der Waals surface area contributed by atoms with E-state index in [4.69, 9.17) is 11.6 Å². The molecule has 1 aromatic carbocycles. The standard InChI is InChI=1S/C15H21BrClN/c1-10-4-3-5-11(8-10)15(18-2)13-9-12(16)6-7-14(13)17/h6-7,9-11,15,18H,3-5,8H2,1-2H3. The fraction of sp³-hybridized carbons (Fsp3) is 0.600. The maximum atomic E-state index is 6.36. The van der Waals surface area contributed by atoms with Crippen LogP contribution in [-0.2, 0) is 0 Å². The maximum Gasteiger partial charge on any atom is 0.0454 e. The van der Waals surface area contributed by atoms with Gasteiger partial charge in [0.05, 0.1) is 0 Å². The summed E-state index contributed by atoms with van der Waals surface area (Å²) < 4.78 is 1.10. The van der Waals surface area contributed by atoms with E-state index in [9.17, 15) is 0 Å². The van der Waals surface area contributed by atoms with E-state index < -0.39 is 0 Å². The minimum absolute atomic E-state index is 0.373. The van der Waals surface area contributed by atoms with Crippen molar-refractivity contribution in [2.75, 3.05) is 7.05 Å². The highest BCUT2D eigenvalue weighted by molar-refractivity contribution is 9.10. The molecule has 2 rings (SSSR count). The summed E-state index contributed by atoms with van der Waals surface area (Å²) in [6.45, 7) is 2.36. The van der Waals surface area contributed by atoms with E-state index in [0.717, 1.165) is 15.4 Å². The van der Waals surface area contributed by atoms with Crippen LogP contribution in [0.1, 0.15) is 44.2 Å². The molecule has 0 bridgehead atoms. The third kappa shape index (κ3) is 3.28. The number of nitrogens with one attached hydrogen (secondary N) is 1. The number of rotatable bonds is 3. The second kappa shape index (κ2) is 6.40. The molecule has 0 amide bonds. The van der Waals surface area contributed by atoms with E-state index in [-0.39, 0.29) is 0 Å². The molecule has 18 heavy (non-hydrogen) atoms. The van der Waals surface area contributed by atoms with Gasteiger partial charge in [0, 0.05) is 15.5 Å². The summed E-state index contributed by atoms with van der Waals surface area (Å²) in [7, 11) is 2.04. The Hall–Kier alpha value is -0.0500. The molecule has 1 saturated carbocycles. The van der Waals surface area contributed by atoms with Gasteiger partial charge in [0.15, 0.2) is 0 Å². The molecule has 0 aromatic heterocycles. The fourth-order valence-electron chi connectivity index (χ4n) is 3.18. The van der Waals surface area contributed by atoms with Crippen molar-refractivity contribution in [2.24, 2.45) is 11.8 Å². The van der Waals surface area contributed by atoms with Crippen LogP contribution in [0.4, 0.5) is 0 Å². The van der Waals surface area contributed by atoms with Crippen molar-refractivity contribution >= 4 is 27.5 Å². The van der Waals surface area contributed by atoms with Crippen molar-refractivity contribution in [1.82, 2.24) is 5.32 Å². The molecule has 0 spiro atoms. The molecule has 100 valence electrons. The molecule has 1 fully saturated rings. The number of hydrogen-bond donors (Lipinski definition) is 1. The van der Waals surface area contributed by atoms with Crippen LogP contribution in [-0.4, -0.2) is 7.05 Å². The first-order valence-electron chi connectivity index (χ1n) is 6.74. The van der Waals surface area contributed by atoms with E-state index in [2.05, 4.69) is 34.2 Å². The van der Waals surface area contributed by atoms with Crippen molar-refractivity contribution in [3.63, 3.8) is 0 Å². The SMILES string of the molecule is CNC(c1cc(Br)ccc1Cl)C1CCCC(C)C1. The monoisotopic (exact) mass is 329 g/mol. The molecule has 0 aliphatic heterocycles. The van der Waals surface area contributed by atoms with Crippen LogP contribution < -0.4 is 5.32 Å². The average Bonchev–Trinajstić information content (AvgIpc) is 2.35. The number of halogens is 2. The third-order valence-electron chi connectivity index (χ3n) is 4.05. The van der Waals surface area contributed by atoms with E-state index >= 15 is 0 Å². The second-order valence-electron chi connectivity index (χ2n) is 5.46. The summed E-state index contributed by atoms with van der Waals surface area (Å²) in [4.78, 5) is 0. The van der Waals surface area contributed by atoms with Crippen LogP contribution in [0.25, 0.3) is 0 Å². The zero-order valence-electron chi connectivity index (χ0n) is 11.0. The van der Waals surface area contributed by atoms with E-state index in [1.807, 2.05) is 19.2 Å². The summed E-state index contributed by atoms with van der Waals surface area (Å²) in [5.74, 6) is 1.54. The van der Waals surface area contributed by atoms with Gasteiger partial charge in [0.2, 0.25) is 0 Å². The predicted molar refractivity (Wildman–Crippen MR) is 82.1 cm³/mol. The normalized spacial score (nSPS) is 26.0. The Labute approximate surface area is 123 Å². The zero-order valence-corrected chi connectivity index (χ0v) is 13.4. The lowest BCUT2D eigenvalue weighted by atomic mass is 9.77. The van der Waals surface area contributed by atoms with Gasteiger partial charge >= 0.3 is 0 Å². The molecule has 0 radical (unpaired) electrons. The summed E-state index contributed by atoms with van der Waals surface area (Å²) >= 11 is 9.91. The van der Waals surface area contributed by atoms with Gasteiger partial charge in [-0.3, -0.25) is 0 Å². The van der Waals surface area contributed by atoms with Crippen molar-refractivity contribution in [1.29, 1.82) is 0 Å². The highest BCUT2D eigenvalue weighted by Crippen LogP contribution is 2.39. The third-order valence-corrected chi connectivity index (χ3v) is 4.89. The topological polar surface area (TPSA) is 12.0 Å². The minimum atomic E-state index is 0.373. The van der Waals surface area contributed by atoms with E-state index in [0.29, 0.717) is 12.0 Å². The van der Waals surface area contributed by atoms with Crippen LogP contribution in [0.3, 0.4) is 0 Å².